The summed E-state index contributed by atoms with van der Waals surface area (Å²) in [7, 11) is 0.284. The number of likely N-dealkylation sites (N-methyl/N-ethyl adjacent to an activating group) is 1. The number of sulfonamides is 1. The zero-order valence-electron chi connectivity index (χ0n) is 16.3. The normalized spacial score (nSPS) is 23.2. The zero-order chi connectivity index (χ0) is 20.0. The molecule has 2 saturated heterocycles. The number of aryl methyl sites for hydroxylation is 2. The molecule has 1 unspecified atom stereocenters. The van der Waals surface area contributed by atoms with Crippen LogP contribution in [0, 0.1) is 19.3 Å². The Bertz CT molecular complexity index is 846. The lowest BCUT2D eigenvalue weighted by Crippen LogP contribution is -2.45. The smallest absolute Gasteiger partial charge is 0.312 e. The van der Waals surface area contributed by atoms with Crippen molar-refractivity contribution in [3.8, 4) is 0 Å². The van der Waals surface area contributed by atoms with Crippen molar-refractivity contribution >= 4 is 27.6 Å². The van der Waals surface area contributed by atoms with E-state index < -0.39 is 15.4 Å². The number of halogens is 1. The highest BCUT2D eigenvalue weighted by Crippen LogP contribution is 2.44. The van der Waals surface area contributed by atoms with Crippen LogP contribution in [0.2, 0.25) is 5.02 Å². The van der Waals surface area contributed by atoms with Crippen LogP contribution in [0.1, 0.15) is 30.4 Å². The van der Waals surface area contributed by atoms with Gasteiger partial charge in [-0.1, -0.05) is 11.6 Å². The van der Waals surface area contributed by atoms with Crippen molar-refractivity contribution in [1.29, 1.82) is 0 Å². The summed E-state index contributed by atoms with van der Waals surface area (Å²) < 4.78 is 33.3. The monoisotopic (exact) mass is 414 g/mol. The van der Waals surface area contributed by atoms with Crippen molar-refractivity contribution in [3.05, 3.63) is 28.3 Å². The summed E-state index contributed by atoms with van der Waals surface area (Å²) in [6.45, 7) is 4.90. The fraction of sp³-hybridized carbons (Fsp3) is 0.632. The van der Waals surface area contributed by atoms with E-state index in [9.17, 15) is 13.2 Å². The minimum atomic E-state index is -3.61. The quantitative estimate of drug-likeness (QED) is 0.708. The molecule has 150 valence electrons. The first-order chi connectivity index (χ1) is 12.5. The van der Waals surface area contributed by atoms with Crippen LogP contribution in [0.4, 0.5) is 0 Å². The Morgan fingerprint density at radius 2 is 1.85 bits per heavy atom. The van der Waals surface area contributed by atoms with Gasteiger partial charge in [0, 0.05) is 31.1 Å². The minimum Gasteiger partial charge on any atom is -0.461 e. The predicted molar refractivity (Wildman–Crippen MR) is 104 cm³/mol. The summed E-state index contributed by atoms with van der Waals surface area (Å²) in [6.07, 6.45) is 1.55. The molecule has 2 aliphatic heterocycles. The zero-order valence-corrected chi connectivity index (χ0v) is 17.9. The summed E-state index contributed by atoms with van der Waals surface area (Å²) in [6, 6.07) is 3.32. The topological polar surface area (TPSA) is 66.9 Å². The van der Waals surface area contributed by atoms with Crippen molar-refractivity contribution in [2.24, 2.45) is 5.41 Å². The van der Waals surface area contributed by atoms with Gasteiger partial charge in [0.2, 0.25) is 10.0 Å². The number of esters is 1. The Hall–Kier alpha value is -1.15. The summed E-state index contributed by atoms with van der Waals surface area (Å²) in [5.41, 5.74) is 0.829. The molecule has 1 aromatic rings. The molecule has 3 rings (SSSR count). The summed E-state index contributed by atoms with van der Waals surface area (Å²) in [4.78, 5) is 14.8. The van der Waals surface area contributed by atoms with Gasteiger partial charge in [-0.2, -0.15) is 4.31 Å². The summed E-state index contributed by atoms with van der Waals surface area (Å²) in [5, 5.41) is 0.560. The Kier molecular flexibility index (Phi) is 5.60. The van der Waals surface area contributed by atoms with Crippen molar-refractivity contribution in [3.63, 3.8) is 0 Å². The number of carbonyl (C=O) groups is 1. The highest BCUT2D eigenvalue weighted by atomic mass is 35.5. The number of cyclic esters (lactones) is 1. The maximum absolute atomic E-state index is 13.1. The molecule has 2 heterocycles. The van der Waals surface area contributed by atoms with Gasteiger partial charge in [-0.05, 0) is 64.0 Å². The molecule has 2 fully saturated rings. The molecular weight excluding hydrogens is 388 g/mol. The number of nitrogens with zero attached hydrogens (tertiary/aromatic N) is 2. The lowest BCUT2D eigenvalue weighted by atomic mass is 9.76. The molecule has 0 bridgehead atoms. The number of rotatable bonds is 4. The van der Waals surface area contributed by atoms with Crippen LogP contribution in [-0.4, -0.2) is 63.4 Å². The molecule has 0 saturated carbocycles. The molecular formula is C19H27ClN2O4S. The van der Waals surface area contributed by atoms with Crippen molar-refractivity contribution in [1.82, 2.24) is 9.21 Å². The van der Waals surface area contributed by atoms with Crippen molar-refractivity contribution < 1.29 is 17.9 Å². The van der Waals surface area contributed by atoms with Crippen LogP contribution in [0.15, 0.2) is 17.0 Å². The van der Waals surface area contributed by atoms with Crippen LogP contribution >= 0.6 is 11.6 Å². The molecule has 27 heavy (non-hydrogen) atoms. The molecule has 0 aliphatic carbocycles. The highest BCUT2D eigenvalue weighted by Gasteiger charge is 2.51. The van der Waals surface area contributed by atoms with Crippen LogP contribution in [0.25, 0.3) is 0 Å². The number of benzene rings is 1. The predicted octanol–water partition coefficient (Wildman–Crippen LogP) is 2.60. The first-order valence-electron chi connectivity index (χ1n) is 9.18. The summed E-state index contributed by atoms with van der Waals surface area (Å²) in [5.74, 6) is -0.176. The number of piperidine rings is 1. The van der Waals surface area contributed by atoms with Crippen LogP contribution < -0.4 is 0 Å². The van der Waals surface area contributed by atoms with Gasteiger partial charge in [0.25, 0.3) is 0 Å². The van der Waals surface area contributed by atoms with Crippen LogP contribution in [0.5, 0.6) is 0 Å². The van der Waals surface area contributed by atoms with E-state index in [2.05, 4.69) is 0 Å². The summed E-state index contributed by atoms with van der Waals surface area (Å²) >= 11 is 6.11. The molecule has 0 N–H and O–H groups in total. The Balaban J connectivity index is 1.76. The van der Waals surface area contributed by atoms with E-state index in [0.29, 0.717) is 54.4 Å². The molecule has 0 amide bonds. The molecule has 6 nitrogen and oxygen atoms in total. The average Bonchev–Trinajstić information content (AvgIpc) is 2.85. The molecule has 2 aliphatic rings. The second-order valence-corrected chi connectivity index (χ2v) is 10.4. The van der Waals surface area contributed by atoms with Gasteiger partial charge in [0.1, 0.15) is 6.10 Å². The third kappa shape index (κ3) is 3.88. The first kappa shape index (κ1) is 20.6. The fourth-order valence-corrected chi connectivity index (χ4v) is 6.03. The second kappa shape index (κ2) is 7.35. The third-order valence-electron chi connectivity index (χ3n) is 5.65. The van der Waals surface area contributed by atoms with Crippen molar-refractivity contribution in [2.75, 3.05) is 33.7 Å². The lowest BCUT2D eigenvalue weighted by Gasteiger charge is -2.36. The van der Waals surface area contributed by atoms with Gasteiger partial charge in [-0.25, -0.2) is 8.42 Å². The standard InChI is InChI=1S/C19H27ClN2O4S/c1-13-10-17(14(2)9-16(13)20)27(24,25)22-7-5-19(6-8-22)11-15(12-21(3)4)26-18(19)23/h9-10,15H,5-8,11-12H2,1-4H3. The van der Waals surface area contributed by atoms with Gasteiger partial charge < -0.3 is 9.64 Å². The number of carbonyl (C=O) groups excluding carboxylic acids is 1. The van der Waals surface area contributed by atoms with Gasteiger partial charge in [-0.15, -0.1) is 0 Å². The Labute approximate surface area is 166 Å². The Morgan fingerprint density at radius 3 is 2.44 bits per heavy atom. The highest BCUT2D eigenvalue weighted by molar-refractivity contribution is 7.89. The molecule has 0 aromatic heterocycles. The van der Waals surface area contributed by atoms with E-state index in [4.69, 9.17) is 16.3 Å². The maximum atomic E-state index is 13.1. The molecule has 8 heteroatoms. The number of ether oxygens (including phenoxy) is 1. The SMILES string of the molecule is Cc1cc(S(=O)(=O)N2CCC3(CC2)CC(CN(C)C)OC3=O)c(C)cc1Cl. The van der Waals surface area contributed by atoms with E-state index in [0.717, 1.165) is 5.56 Å². The van der Waals surface area contributed by atoms with E-state index in [1.54, 1.807) is 26.0 Å². The lowest BCUT2D eigenvalue weighted by molar-refractivity contribution is -0.150. The second-order valence-electron chi connectivity index (χ2n) is 8.04. The van der Waals surface area contributed by atoms with Crippen molar-refractivity contribution in [2.45, 2.75) is 44.1 Å². The largest absolute Gasteiger partial charge is 0.461 e. The third-order valence-corrected chi connectivity index (χ3v) is 8.10. The molecule has 1 aromatic carbocycles. The Morgan fingerprint density at radius 1 is 1.22 bits per heavy atom. The first-order valence-corrected chi connectivity index (χ1v) is 11.0. The number of hydrogen-bond donors (Lipinski definition) is 0. The van der Waals surface area contributed by atoms with E-state index >= 15 is 0 Å². The van der Waals surface area contributed by atoms with Gasteiger partial charge in [0.05, 0.1) is 10.3 Å². The molecule has 1 spiro atoms. The molecule has 0 radical (unpaired) electrons. The van der Waals surface area contributed by atoms with E-state index in [1.165, 1.54) is 4.31 Å². The van der Waals surface area contributed by atoms with E-state index in [-0.39, 0.29) is 12.1 Å². The van der Waals surface area contributed by atoms with Crippen LogP contribution in [-0.2, 0) is 19.6 Å². The molecule has 1 atom stereocenters. The average molecular weight is 415 g/mol. The minimum absolute atomic E-state index is 0.114. The van der Waals surface area contributed by atoms with Gasteiger partial charge in [-0.3, -0.25) is 4.79 Å². The number of hydrogen-bond acceptors (Lipinski definition) is 5. The maximum Gasteiger partial charge on any atom is 0.312 e. The fourth-order valence-electron chi connectivity index (χ4n) is 4.08. The van der Waals surface area contributed by atoms with Gasteiger partial charge >= 0.3 is 5.97 Å². The van der Waals surface area contributed by atoms with E-state index in [1.807, 2.05) is 19.0 Å². The van der Waals surface area contributed by atoms with Crippen LogP contribution in [0.3, 0.4) is 0 Å². The van der Waals surface area contributed by atoms with Gasteiger partial charge in [0.15, 0.2) is 0 Å².